The van der Waals surface area contributed by atoms with Gasteiger partial charge in [-0.3, -0.25) is 0 Å². The second-order valence-corrected chi connectivity index (χ2v) is 20.0. The summed E-state index contributed by atoms with van der Waals surface area (Å²) in [4.78, 5) is 0. The van der Waals surface area contributed by atoms with Crippen molar-refractivity contribution in [1.29, 1.82) is 0 Å². The summed E-state index contributed by atoms with van der Waals surface area (Å²) in [6, 6.07) is 2.21. The Hall–Kier alpha value is 0.270. The van der Waals surface area contributed by atoms with Crippen LogP contribution in [0, 0.1) is 5.92 Å². The van der Waals surface area contributed by atoms with Crippen LogP contribution < -0.4 is 0 Å². The Kier molecular flexibility index (Phi) is 20.9. The third-order valence-electron chi connectivity index (χ3n) is 12.7. The topological polar surface area (TPSA) is 13.0 Å². The van der Waals surface area contributed by atoms with Crippen molar-refractivity contribution in [3.8, 4) is 0 Å². The van der Waals surface area contributed by atoms with Crippen molar-refractivity contribution < 1.29 is 0 Å². The Balaban J connectivity index is 1.75. The first-order chi connectivity index (χ1) is 22.5. The van der Waals surface area contributed by atoms with Crippen LogP contribution in [0.5, 0.6) is 0 Å². The standard InChI is InChI=1S/C41H84N4P/c1-7-9-11-12-13-14-15-16-17-18-22-30-38(29-10-8-2)37-42(3)46(43(4)39-31-23-19-24-32-39,44(5)40-33-25-20-26-34-40)45(6)41-35-27-21-28-36-41/h38-41H,7-37H2,1-6H3/q+1. The molecule has 0 amide bonds. The Morgan fingerprint density at radius 1 is 0.435 bits per heavy atom. The minimum absolute atomic E-state index is 0.738. The highest BCUT2D eigenvalue weighted by Gasteiger charge is 2.61. The average molecular weight is 664 g/mol. The third kappa shape index (κ3) is 12.5. The molecular weight excluding hydrogens is 579 g/mol. The lowest BCUT2D eigenvalue weighted by molar-refractivity contribution is 0.164. The number of hydrogen-bond donors (Lipinski definition) is 0. The molecule has 3 fully saturated rings. The van der Waals surface area contributed by atoms with E-state index in [9.17, 15) is 0 Å². The van der Waals surface area contributed by atoms with Gasteiger partial charge in [-0.05, 0) is 57.3 Å². The molecule has 0 aliphatic heterocycles. The number of rotatable bonds is 24. The maximum absolute atomic E-state index is 3.05. The summed E-state index contributed by atoms with van der Waals surface area (Å²) in [6.07, 6.45) is 42.9. The lowest BCUT2D eigenvalue weighted by Crippen LogP contribution is -2.57. The van der Waals surface area contributed by atoms with Gasteiger partial charge in [-0.25, -0.2) is 0 Å². The van der Waals surface area contributed by atoms with Gasteiger partial charge in [-0.15, -0.1) is 18.7 Å². The smallest absolute Gasteiger partial charge is 0.136 e. The van der Waals surface area contributed by atoms with E-state index in [1.807, 2.05) is 0 Å². The molecule has 3 aliphatic carbocycles. The predicted octanol–water partition coefficient (Wildman–Crippen LogP) is 12.9. The molecule has 0 aromatic rings. The molecule has 4 nitrogen and oxygen atoms in total. The Labute approximate surface area is 291 Å². The van der Waals surface area contributed by atoms with Crippen LogP contribution in [0.2, 0.25) is 0 Å². The highest BCUT2D eigenvalue weighted by atomic mass is 31.2. The zero-order valence-electron chi connectivity index (χ0n) is 32.5. The molecule has 3 aliphatic rings. The maximum Gasteiger partial charge on any atom is 0.308 e. The van der Waals surface area contributed by atoms with E-state index in [0.29, 0.717) is 0 Å². The fourth-order valence-electron chi connectivity index (χ4n) is 9.81. The fraction of sp³-hybridized carbons (Fsp3) is 1.00. The number of nitrogens with zero attached hydrogens (tertiary/aromatic N) is 4. The Morgan fingerprint density at radius 3 is 1.13 bits per heavy atom. The van der Waals surface area contributed by atoms with E-state index in [1.54, 1.807) is 0 Å². The normalized spacial score (nSPS) is 20.5. The van der Waals surface area contributed by atoms with Crippen LogP contribution in [0.4, 0.5) is 0 Å². The van der Waals surface area contributed by atoms with Gasteiger partial charge in [0.25, 0.3) is 0 Å². The van der Waals surface area contributed by atoms with E-state index in [4.69, 9.17) is 0 Å². The van der Waals surface area contributed by atoms with E-state index in [1.165, 1.54) is 199 Å². The molecule has 3 saturated carbocycles. The Morgan fingerprint density at radius 2 is 0.761 bits per heavy atom. The van der Waals surface area contributed by atoms with Crippen molar-refractivity contribution in [2.24, 2.45) is 5.92 Å². The van der Waals surface area contributed by atoms with Crippen molar-refractivity contribution in [2.75, 3.05) is 34.7 Å². The molecule has 0 aromatic heterocycles. The number of unbranched alkanes of at least 4 members (excludes halogenated alkanes) is 11. The van der Waals surface area contributed by atoms with Crippen LogP contribution in [0.3, 0.4) is 0 Å². The molecule has 0 saturated heterocycles. The van der Waals surface area contributed by atoms with Crippen molar-refractivity contribution >= 4 is 7.87 Å². The average Bonchev–Trinajstić information content (AvgIpc) is 3.10. The van der Waals surface area contributed by atoms with Crippen LogP contribution in [-0.4, -0.2) is 71.5 Å². The summed E-state index contributed by atoms with van der Waals surface area (Å²) >= 11 is 0. The maximum atomic E-state index is 3.05. The summed E-state index contributed by atoms with van der Waals surface area (Å²) < 4.78 is 12.2. The largest absolute Gasteiger partial charge is 0.308 e. The van der Waals surface area contributed by atoms with Crippen molar-refractivity contribution in [1.82, 2.24) is 18.7 Å². The van der Waals surface area contributed by atoms with Crippen LogP contribution in [0.15, 0.2) is 0 Å². The van der Waals surface area contributed by atoms with E-state index in [0.717, 1.165) is 24.0 Å². The second kappa shape index (κ2) is 23.6. The molecule has 5 heteroatoms. The van der Waals surface area contributed by atoms with Gasteiger partial charge in [0.05, 0.1) is 0 Å². The van der Waals surface area contributed by atoms with Crippen LogP contribution >= 0.6 is 7.87 Å². The van der Waals surface area contributed by atoms with Gasteiger partial charge in [0, 0.05) is 52.9 Å². The van der Waals surface area contributed by atoms with Crippen molar-refractivity contribution in [3.05, 3.63) is 0 Å². The van der Waals surface area contributed by atoms with Gasteiger partial charge in [-0.2, -0.15) is 0 Å². The highest BCUT2D eigenvalue weighted by Crippen LogP contribution is 2.71. The summed E-state index contributed by atoms with van der Waals surface area (Å²) in [5.74, 6) is 0.835. The summed E-state index contributed by atoms with van der Waals surface area (Å²) in [6.45, 7) is 6.02. The molecule has 0 spiro atoms. The molecule has 272 valence electrons. The molecule has 0 aromatic carbocycles. The highest BCUT2D eigenvalue weighted by molar-refractivity contribution is 7.66. The predicted molar refractivity (Wildman–Crippen MR) is 208 cm³/mol. The molecule has 3 rings (SSSR count). The van der Waals surface area contributed by atoms with Gasteiger partial charge < -0.3 is 0 Å². The molecule has 1 atom stereocenters. The lowest BCUT2D eigenvalue weighted by Gasteiger charge is -2.54. The summed E-state index contributed by atoms with van der Waals surface area (Å²) in [5.41, 5.74) is 0. The minimum atomic E-state index is -1.89. The van der Waals surface area contributed by atoms with Crippen molar-refractivity contribution in [3.63, 3.8) is 0 Å². The fourth-order valence-corrected chi connectivity index (χ4v) is 15.0. The van der Waals surface area contributed by atoms with Crippen LogP contribution in [0.25, 0.3) is 0 Å². The summed E-state index contributed by atoms with van der Waals surface area (Å²) in [5, 5.41) is 0. The monoisotopic (exact) mass is 664 g/mol. The van der Waals surface area contributed by atoms with E-state index in [-0.39, 0.29) is 0 Å². The van der Waals surface area contributed by atoms with Crippen LogP contribution in [0.1, 0.15) is 206 Å². The molecule has 0 heterocycles. The zero-order chi connectivity index (χ0) is 33.0. The van der Waals surface area contributed by atoms with E-state index >= 15 is 0 Å². The van der Waals surface area contributed by atoms with Gasteiger partial charge in [0.1, 0.15) is 0 Å². The zero-order valence-corrected chi connectivity index (χ0v) is 33.4. The first-order valence-corrected chi connectivity index (χ1v) is 22.9. The van der Waals surface area contributed by atoms with Gasteiger partial charge in [0.2, 0.25) is 0 Å². The molecule has 1 unspecified atom stereocenters. The summed E-state index contributed by atoms with van der Waals surface area (Å²) in [7, 11) is 8.52. The van der Waals surface area contributed by atoms with E-state index in [2.05, 4.69) is 60.7 Å². The first kappa shape index (κ1) is 40.7. The third-order valence-corrected chi connectivity index (χ3v) is 17.3. The first-order valence-electron chi connectivity index (χ1n) is 21.3. The molecule has 0 bridgehead atoms. The van der Waals surface area contributed by atoms with Crippen LogP contribution in [-0.2, 0) is 0 Å². The van der Waals surface area contributed by atoms with Gasteiger partial charge >= 0.3 is 7.87 Å². The van der Waals surface area contributed by atoms with Gasteiger partial charge in [-0.1, -0.05) is 155 Å². The molecule has 46 heavy (non-hydrogen) atoms. The molecule has 0 N–H and O–H groups in total. The molecule has 0 radical (unpaired) electrons. The quantitative estimate of drug-likeness (QED) is 0.0752. The SMILES string of the molecule is CCCCCCCCCCCCCC(CCCC)CN(C)[P+](N(C)C1CCCCC1)(N(C)C1CCCCC1)N(C)C1CCCCC1. The second-order valence-electron chi connectivity index (χ2n) is 16.3. The number of hydrogen-bond acceptors (Lipinski definition) is 4. The molecular formula is C41H84N4P+. The van der Waals surface area contributed by atoms with Crippen molar-refractivity contribution in [2.45, 2.75) is 225 Å². The minimum Gasteiger partial charge on any atom is -0.136 e. The Bertz CT molecular complexity index is 670. The van der Waals surface area contributed by atoms with Gasteiger partial charge in [0.15, 0.2) is 0 Å². The lowest BCUT2D eigenvalue weighted by atomic mass is 9.95. The van der Waals surface area contributed by atoms with E-state index < -0.39 is 7.87 Å².